The first-order chi connectivity index (χ1) is 12.1. The topological polar surface area (TPSA) is 52.2 Å². The maximum atomic E-state index is 12.3. The number of amides is 1. The van der Waals surface area contributed by atoms with E-state index in [1.807, 2.05) is 30.1 Å². The molecule has 136 valence electrons. The zero-order valence-corrected chi connectivity index (χ0v) is 15.7. The lowest BCUT2D eigenvalue weighted by atomic mass is 10.1. The number of nitrogens with one attached hydrogen (secondary N) is 1. The molecule has 6 heteroatoms. The minimum atomic E-state index is 0.219. The van der Waals surface area contributed by atoms with Gasteiger partial charge < -0.3 is 14.8 Å². The van der Waals surface area contributed by atoms with Gasteiger partial charge in [-0.3, -0.25) is 4.79 Å². The minimum Gasteiger partial charge on any atom is -0.345 e. The quantitative estimate of drug-likeness (QED) is 0.820. The molecule has 1 fully saturated rings. The number of likely N-dealkylation sites (tertiary alicyclic amines) is 1. The van der Waals surface area contributed by atoms with E-state index in [-0.39, 0.29) is 5.91 Å². The van der Waals surface area contributed by atoms with Gasteiger partial charge in [-0.25, -0.2) is 4.98 Å². The summed E-state index contributed by atoms with van der Waals surface area (Å²) >= 11 is 6.00. The van der Waals surface area contributed by atoms with Crippen LogP contribution in [0.1, 0.15) is 37.9 Å². The lowest BCUT2D eigenvalue weighted by Gasteiger charge is -2.26. The number of rotatable bonds is 7. The number of carbonyl (C=O) groups excluding carboxylic acids is 1. The van der Waals surface area contributed by atoms with E-state index in [0.29, 0.717) is 18.0 Å². The molecule has 1 aliphatic rings. The van der Waals surface area contributed by atoms with Crippen molar-refractivity contribution < 1.29 is 4.79 Å². The van der Waals surface area contributed by atoms with Crippen LogP contribution in [0, 0.1) is 0 Å². The highest BCUT2D eigenvalue weighted by Gasteiger charge is 2.13. The molecule has 1 N–H and O–H groups in total. The van der Waals surface area contributed by atoms with Gasteiger partial charge in [0.2, 0.25) is 5.91 Å². The van der Waals surface area contributed by atoms with E-state index in [2.05, 4.69) is 14.9 Å². The van der Waals surface area contributed by atoms with Gasteiger partial charge in [-0.1, -0.05) is 18.0 Å². The van der Waals surface area contributed by atoms with Crippen LogP contribution in [0.4, 0.5) is 0 Å². The second-order valence-corrected chi connectivity index (χ2v) is 7.35. The monoisotopic (exact) mass is 362 g/mol. The summed E-state index contributed by atoms with van der Waals surface area (Å²) < 4.78 is 0. The van der Waals surface area contributed by atoms with Gasteiger partial charge in [0.25, 0.3) is 0 Å². The molecule has 0 atom stereocenters. The highest BCUT2D eigenvalue weighted by Crippen LogP contribution is 2.17. The van der Waals surface area contributed by atoms with Crippen LogP contribution < -0.4 is 0 Å². The number of H-pyrrole nitrogens is 1. The van der Waals surface area contributed by atoms with Gasteiger partial charge in [-0.2, -0.15) is 0 Å². The summed E-state index contributed by atoms with van der Waals surface area (Å²) in [5.74, 6) is 1.11. The molecular weight excluding hydrogens is 336 g/mol. The van der Waals surface area contributed by atoms with Gasteiger partial charge in [-0.05, 0) is 57.1 Å². The average molecular weight is 363 g/mol. The van der Waals surface area contributed by atoms with E-state index in [4.69, 9.17) is 11.6 Å². The summed E-state index contributed by atoms with van der Waals surface area (Å²) in [5, 5.41) is 0.698. The summed E-state index contributed by atoms with van der Waals surface area (Å²) in [7, 11) is 1.88. The summed E-state index contributed by atoms with van der Waals surface area (Å²) in [6.07, 6.45) is 6.26. The third-order valence-electron chi connectivity index (χ3n) is 4.92. The van der Waals surface area contributed by atoms with E-state index < -0.39 is 0 Å². The van der Waals surface area contributed by atoms with Crippen LogP contribution in [0.5, 0.6) is 0 Å². The number of halogens is 1. The largest absolute Gasteiger partial charge is 0.345 e. The van der Waals surface area contributed by atoms with E-state index in [1.54, 1.807) is 0 Å². The number of imidazole rings is 1. The molecule has 1 amide bonds. The summed E-state index contributed by atoms with van der Waals surface area (Å²) in [6, 6.07) is 5.63. The number of aromatic amines is 1. The van der Waals surface area contributed by atoms with Gasteiger partial charge in [0.15, 0.2) is 0 Å². The Morgan fingerprint density at radius 1 is 1.32 bits per heavy atom. The van der Waals surface area contributed by atoms with E-state index in [1.165, 1.54) is 32.4 Å². The fraction of sp³-hybridized carbons (Fsp3) is 0.579. The van der Waals surface area contributed by atoms with Crippen molar-refractivity contribution in [1.29, 1.82) is 0 Å². The Morgan fingerprint density at radius 2 is 2.12 bits per heavy atom. The predicted molar refractivity (Wildman–Crippen MR) is 102 cm³/mol. The Morgan fingerprint density at radius 3 is 2.92 bits per heavy atom. The van der Waals surface area contributed by atoms with Crippen molar-refractivity contribution in [3.63, 3.8) is 0 Å². The van der Waals surface area contributed by atoms with E-state index in [9.17, 15) is 4.79 Å². The number of fused-ring (bicyclic) bond motifs is 1. The fourth-order valence-electron chi connectivity index (χ4n) is 3.38. The number of likely N-dealkylation sites (N-methyl/N-ethyl adjacent to an activating group) is 1. The van der Waals surface area contributed by atoms with Crippen LogP contribution in [0.3, 0.4) is 0 Å². The predicted octanol–water partition coefficient (Wildman–Crippen LogP) is 3.48. The first kappa shape index (κ1) is 18.2. The van der Waals surface area contributed by atoms with Gasteiger partial charge in [0.05, 0.1) is 11.0 Å². The van der Waals surface area contributed by atoms with Gasteiger partial charge in [0.1, 0.15) is 5.82 Å². The maximum absolute atomic E-state index is 12.3. The summed E-state index contributed by atoms with van der Waals surface area (Å²) in [6.45, 7) is 4.11. The molecule has 2 heterocycles. The van der Waals surface area contributed by atoms with Crippen LogP contribution in [0.2, 0.25) is 5.02 Å². The molecule has 0 unspecified atom stereocenters. The molecule has 0 radical (unpaired) electrons. The Balaban J connectivity index is 1.41. The molecule has 1 aromatic heterocycles. The first-order valence-corrected chi connectivity index (χ1v) is 9.60. The molecule has 0 aliphatic carbocycles. The lowest BCUT2D eigenvalue weighted by Crippen LogP contribution is -2.32. The summed E-state index contributed by atoms with van der Waals surface area (Å²) in [4.78, 5) is 24.4. The van der Waals surface area contributed by atoms with Crippen LogP contribution in [0.15, 0.2) is 18.2 Å². The average Bonchev–Trinajstić information content (AvgIpc) is 3.02. The molecular formula is C19H27ClN4O. The second-order valence-electron chi connectivity index (χ2n) is 6.92. The SMILES string of the molecule is CN(CCc1nc2ccc(Cl)cc2[nH]1)C(=O)CCCN1CCCCC1. The van der Waals surface area contributed by atoms with E-state index >= 15 is 0 Å². The van der Waals surface area contributed by atoms with Crippen LogP contribution in [0.25, 0.3) is 11.0 Å². The Hall–Kier alpha value is -1.59. The number of benzene rings is 1. The number of hydrogen-bond donors (Lipinski definition) is 1. The first-order valence-electron chi connectivity index (χ1n) is 9.22. The van der Waals surface area contributed by atoms with Crippen molar-refractivity contribution in [3.8, 4) is 0 Å². The van der Waals surface area contributed by atoms with Crippen LogP contribution in [-0.2, 0) is 11.2 Å². The molecule has 0 spiro atoms. The molecule has 5 nitrogen and oxygen atoms in total. The Kier molecular flexibility index (Phi) is 6.32. The van der Waals surface area contributed by atoms with Crippen molar-refractivity contribution in [2.24, 2.45) is 0 Å². The molecule has 2 aromatic rings. The van der Waals surface area contributed by atoms with Crippen molar-refractivity contribution in [2.45, 2.75) is 38.5 Å². The maximum Gasteiger partial charge on any atom is 0.222 e. The number of carbonyl (C=O) groups is 1. The third kappa shape index (κ3) is 5.19. The molecule has 0 bridgehead atoms. The molecule has 1 saturated heterocycles. The summed E-state index contributed by atoms with van der Waals surface area (Å²) in [5.41, 5.74) is 1.85. The third-order valence-corrected chi connectivity index (χ3v) is 5.15. The van der Waals surface area contributed by atoms with Crippen LogP contribution >= 0.6 is 11.6 Å². The number of hydrogen-bond acceptors (Lipinski definition) is 3. The second kappa shape index (κ2) is 8.68. The molecule has 25 heavy (non-hydrogen) atoms. The van der Waals surface area contributed by atoms with Crippen molar-refractivity contribution in [3.05, 3.63) is 29.0 Å². The highest BCUT2D eigenvalue weighted by atomic mass is 35.5. The Bertz CT molecular complexity index is 709. The van der Waals surface area contributed by atoms with E-state index in [0.717, 1.165) is 36.2 Å². The minimum absolute atomic E-state index is 0.219. The number of piperidine rings is 1. The highest BCUT2D eigenvalue weighted by molar-refractivity contribution is 6.31. The van der Waals surface area contributed by atoms with Gasteiger partial charge in [0, 0.05) is 31.5 Å². The molecule has 3 rings (SSSR count). The standard InChI is InChI=1S/C19H27ClN4O/c1-23(19(25)6-5-12-24-10-3-2-4-11-24)13-9-18-21-16-8-7-15(20)14-17(16)22-18/h7-8,14H,2-6,9-13H2,1H3,(H,21,22). The van der Waals surface area contributed by atoms with Crippen molar-refractivity contribution in [1.82, 2.24) is 19.8 Å². The molecule has 0 saturated carbocycles. The zero-order valence-electron chi connectivity index (χ0n) is 14.9. The zero-order chi connectivity index (χ0) is 17.6. The number of aromatic nitrogens is 2. The fourth-order valence-corrected chi connectivity index (χ4v) is 3.55. The lowest BCUT2D eigenvalue weighted by molar-refractivity contribution is -0.130. The normalized spacial score (nSPS) is 15.6. The van der Waals surface area contributed by atoms with Gasteiger partial charge in [-0.15, -0.1) is 0 Å². The number of nitrogens with zero attached hydrogens (tertiary/aromatic N) is 3. The van der Waals surface area contributed by atoms with Crippen molar-refractivity contribution in [2.75, 3.05) is 33.2 Å². The molecule has 1 aliphatic heterocycles. The smallest absolute Gasteiger partial charge is 0.222 e. The Labute approximate surface area is 154 Å². The van der Waals surface area contributed by atoms with Crippen molar-refractivity contribution >= 4 is 28.5 Å². The van der Waals surface area contributed by atoms with Gasteiger partial charge >= 0.3 is 0 Å². The van der Waals surface area contributed by atoms with Crippen LogP contribution in [-0.4, -0.2) is 58.9 Å². The molecule has 1 aromatic carbocycles.